The lowest BCUT2D eigenvalue weighted by atomic mass is 10.2. The molecule has 0 N–H and O–H groups in total. The maximum absolute atomic E-state index is 6.07. The molecule has 0 atom stereocenters. The minimum Gasteiger partial charge on any atom is -0.334 e. The Morgan fingerprint density at radius 1 is 1.09 bits per heavy atom. The van der Waals surface area contributed by atoms with E-state index in [1.165, 1.54) is 11.4 Å². The Kier molecular flexibility index (Phi) is 5.70. The van der Waals surface area contributed by atoms with Gasteiger partial charge in [0, 0.05) is 69.7 Å². The van der Waals surface area contributed by atoms with E-state index in [1.807, 2.05) is 18.3 Å². The second-order valence-electron chi connectivity index (χ2n) is 6.14. The van der Waals surface area contributed by atoms with Crippen molar-refractivity contribution in [2.75, 3.05) is 32.7 Å². The van der Waals surface area contributed by atoms with Crippen LogP contribution < -0.4 is 0 Å². The van der Waals surface area contributed by atoms with Crippen molar-refractivity contribution in [3.63, 3.8) is 0 Å². The van der Waals surface area contributed by atoms with Crippen molar-refractivity contribution in [3.8, 4) is 0 Å². The van der Waals surface area contributed by atoms with Crippen LogP contribution in [0.4, 0.5) is 0 Å². The van der Waals surface area contributed by atoms with E-state index in [-0.39, 0.29) is 0 Å². The zero-order valence-electron chi connectivity index (χ0n) is 13.8. The van der Waals surface area contributed by atoms with E-state index in [0.717, 1.165) is 57.3 Å². The van der Waals surface area contributed by atoms with Gasteiger partial charge in [0.15, 0.2) is 0 Å². The molecule has 4 nitrogen and oxygen atoms in total. The van der Waals surface area contributed by atoms with E-state index in [0.29, 0.717) is 0 Å². The molecule has 124 valence electrons. The van der Waals surface area contributed by atoms with Crippen molar-refractivity contribution in [3.05, 3.63) is 53.1 Å². The molecule has 1 aliphatic rings. The molecule has 2 aromatic rings. The van der Waals surface area contributed by atoms with Crippen LogP contribution in [-0.2, 0) is 19.5 Å². The van der Waals surface area contributed by atoms with E-state index in [4.69, 9.17) is 11.6 Å². The highest BCUT2D eigenvalue weighted by Gasteiger charge is 2.17. The van der Waals surface area contributed by atoms with Gasteiger partial charge in [-0.15, -0.1) is 0 Å². The van der Waals surface area contributed by atoms with Gasteiger partial charge in [-0.2, -0.15) is 0 Å². The number of hydrogen-bond donors (Lipinski definition) is 0. The van der Waals surface area contributed by atoms with Gasteiger partial charge in [-0.05, 0) is 17.7 Å². The molecule has 1 aromatic heterocycles. The number of nitrogens with zero attached hydrogens (tertiary/aromatic N) is 4. The van der Waals surface area contributed by atoms with E-state index in [9.17, 15) is 0 Å². The number of piperazine rings is 1. The summed E-state index contributed by atoms with van der Waals surface area (Å²) in [6, 6.07) is 8.19. The SMILES string of the molecule is CCc1nccn1CCN1CCN(Cc2cccc(Cl)c2)CC1. The molecule has 3 rings (SSSR count). The molecule has 1 saturated heterocycles. The van der Waals surface area contributed by atoms with Crippen LogP contribution in [0.2, 0.25) is 5.02 Å². The molecule has 1 fully saturated rings. The lowest BCUT2D eigenvalue weighted by molar-refractivity contribution is 0.124. The number of benzene rings is 1. The molecule has 0 saturated carbocycles. The maximum Gasteiger partial charge on any atom is 0.108 e. The second kappa shape index (κ2) is 7.95. The van der Waals surface area contributed by atoms with Crippen LogP contribution in [-0.4, -0.2) is 52.1 Å². The molecular weight excluding hydrogens is 308 g/mol. The second-order valence-corrected chi connectivity index (χ2v) is 6.57. The van der Waals surface area contributed by atoms with Gasteiger partial charge in [-0.25, -0.2) is 4.98 Å². The smallest absolute Gasteiger partial charge is 0.108 e. The number of halogens is 1. The van der Waals surface area contributed by atoms with Crippen LogP contribution >= 0.6 is 11.6 Å². The van der Waals surface area contributed by atoms with Crippen LogP contribution in [0, 0.1) is 0 Å². The first-order chi connectivity index (χ1) is 11.2. The Hall–Kier alpha value is -1.36. The zero-order valence-corrected chi connectivity index (χ0v) is 14.5. The molecule has 0 amide bonds. The molecule has 1 aliphatic heterocycles. The number of aryl methyl sites for hydroxylation is 1. The Morgan fingerprint density at radius 3 is 2.61 bits per heavy atom. The van der Waals surface area contributed by atoms with E-state index >= 15 is 0 Å². The Balaban J connectivity index is 1.43. The quantitative estimate of drug-likeness (QED) is 0.813. The number of rotatable bonds is 6. The predicted octanol–water partition coefficient (Wildman–Crippen LogP) is 2.92. The Labute approximate surface area is 143 Å². The topological polar surface area (TPSA) is 24.3 Å². The predicted molar refractivity (Wildman–Crippen MR) is 94.8 cm³/mol. The summed E-state index contributed by atoms with van der Waals surface area (Å²) in [5, 5.41) is 0.827. The highest BCUT2D eigenvalue weighted by atomic mass is 35.5. The molecule has 0 aliphatic carbocycles. The molecule has 23 heavy (non-hydrogen) atoms. The first-order valence-corrected chi connectivity index (χ1v) is 8.81. The third kappa shape index (κ3) is 4.56. The van der Waals surface area contributed by atoms with Crippen molar-refractivity contribution in [1.82, 2.24) is 19.4 Å². The van der Waals surface area contributed by atoms with Gasteiger partial charge < -0.3 is 4.57 Å². The maximum atomic E-state index is 6.07. The van der Waals surface area contributed by atoms with Crippen LogP contribution in [0.25, 0.3) is 0 Å². The summed E-state index contributed by atoms with van der Waals surface area (Å²) in [4.78, 5) is 9.45. The fourth-order valence-corrected chi connectivity index (χ4v) is 3.38. The van der Waals surface area contributed by atoms with Crippen molar-refractivity contribution in [2.45, 2.75) is 26.4 Å². The molecule has 0 unspecified atom stereocenters. The average molecular weight is 333 g/mol. The van der Waals surface area contributed by atoms with Gasteiger partial charge in [0.1, 0.15) is 5.82 Å². The molecule has 0 radical (unpaired) electrons. The van der Waals surface area contributed by atoms with Gasteiger partial charge in [-0.3, -0.25) is 9.80 Å². The third-order valence-corrected chi connectivity index (χ3v) is 4.77. The van der Waals surface area contributed by atoms with Crippen LogP contribution in [0.5, 0.6) is 0 Å². The lowest BCUT2D eigenvalue weighted by Gasteiger charge is -2.34. The monoisotopic (exact) mass is 332 g/mol. The normalized spacial score (nSPS) is 16.8. The van der Waals surface area contributed by atoms with E-state index in [2.05, 4.69) is 44.6 Å². The van der Waals surface area contributed by atoms with Gasteiger partial charge in [0.05, 0.1) is 0 Å². The van der Waals surface area contributed by atoms with E-state index in [1.54, 1.807) is 0 Å². The van der Waals surface area contributed by atoms with Crippen LogP contribution in [0.1, 0.15) is 18.3 Å². The van der Waals surface area contributed by atoms with Crippen molar-refractivity contribution in [2.24, 2.45) is 0 Å². The fraction of sp³-hybridized carbons (Fsp3) is 0.500. The summed E-state index contributed by atoms with van der Waals surface area (Å²) < 4.78 is 2.28. The van der Waals surface area contributed by atoms with Crippen molar-refractivity contribution in [1.29, 1.82) is 0 Å². The summed E-state index contributed by atoms with van der Waals surface area (Å²) in [7, 11) is 0. The molecule has 0 spiro atoms. The Morgan fingerprint density at radius 2 is 1.87 bits per heavy atom. The summed E-state index contributed by atoms with van der Waals surface area (Å²) in [5.41, 5.74) is 1.30. The van der Waals surface area contributed by atoms with Crippen molar-refractivity contribution >= 4 is 11.6 Å². The molecule has 1 aromatic carbocycles. The number of hydrogen-bond acceptors (Lipinski definition) is 3. The highest BCUT2D eigenvalue weighted by Crippen LogP contribution is 2.14. The standard InChI is InChI=1S/C18H25ClN4/c1-2-18-20-6-7-23(18)13-12-21-8-10-22(11-9-21)15-16-4-3-5-17(19)14-16/h3-7,14H,2,8-13,15H2,1H3. The van der Waals surface area contributed by atoms with Gasteiger partial charge in [0.2, 0.25) is 0 Å². The highest BCUT2D eigenvalue weighted by molar-refractivity contribution is 6.30. The molecule has 0 bridgehead atoms. The minimum absolute atomic E-state index is 0.827. The average Bonchev–Trinajstić information content (AvgIpc) is 3.02. The summed E-state index contributed by atoms with van der Waals surface area (Å²) in [6.45, 7) is 9.82. The third-order valence-electron chi connectivity index (χ3n) is 4.54. The van der Waals surface area contributed by atoms with Gasteiger partial charge >= 0.3 is 0 Å². The number of imidazole rings is 1. The van der Waals surface area contributed by atoms with Crippen LogP contribution in [0.3, 0.4) is 0 Å². The van der Waals surface area contributed by atoms with Crippen LogP contribution in [0.15, 0.2) is 36.7 Å². The fourth-order valence-electron chi connectivity index (χ4n) is 3.17. The largest absolute Gasteiger partial charge is 0.334 e. The molecular formula is C18H25ClN4. The van der Waals surface area contributed by atoms with E-state index < -0.39 is 0 Å². The van der Waals surface area contributed by atoms with Gasteiger partial charge in [-0.1, -0.05) is 30.7 Å². The van der Waals surface area contributed by atoms with Gasteiger partial charge in [0.25, 0.3) is 0 Å². The number of aromatic nitrogens is 2. The molecule has 2 heterocycles. The summed E-state index contributed by atoms with van der Waals surface area (Å²) >= 11 is 6.07. The minimum atomic E-state index is 0.827. The summed E-state index contributed by atoms with van der Waals surface area (Å²) in [5.74, 6) is 1.18. The first kappa shape index (κ1) is 16.5. The first-order valence-electron chi connectivity index (χ1n) is 8.44. The summed E-state index contributed by atoms with van der Waals surface area (Å²) in [6.07, 6.45) is 5.00. The zero-order chi connectivity index (χ0) is 16.1. The Bertz CT molecular complexity index is 617. The van der Waals surface area contributed by atoms with Crippen molar-refractivity contribution < 1.29 is 0 Å². The molecule has 5 heteroatoms. The lowest BCUT2D eigenvalue weighted by Crippen LogP contribution is -2.46.